The van der Waals surface area contributed by atoms with Crippen molar-refractivity contribution in [1.29, 1.82) is 0 Å². The van der Waals surface area contributed by atoms with E-state index >= 15 is 0 Å². The number of pyridine rings is 1. The average molecular weight is 246 g/mol. The smallest absolute Gasteiger partial charge is 0.255 e. The maximum absolute atomic E-state index is 12.4. The summed E-state index contributed by atoms with van der Waals surface area (Å²) in [6.45, 7) is 3.34. The molecular formula is C14H18N2O2. The van der Waals surface area contributed by atoms with Crippen molar-refractivity contribution in [3.8, 4) is 0 Å². The normalized spacial score (nSPS) is 30.6. The van der Waals surface area contributed by atoms with Gasteiger partial charge in [0.2, 0.25) is 0 Å². The number of amides is 1. The van der Waals surface area contributed by atoms with Crippen molar-refractivity contribution >= 4 is 5.91 Å². The van der Waals surface area contributed by atoms with Crippen LogP contribution in [0.25, 0.3) is 0 Å². The lowest BCUT2D eigenvalue weighted by molar-refractivity contribution is 0.0751. The summed E-state index contributed by atoms with van der Waals surface area (Å²) in [6.07, 6.45) is 3.42. The first-order valence-corrected chi connectivity index (χ1v) is 6.56. The van der Waals surface area contributed by atoms with Gasteiger partial charge in [0.25, 0.3) is 5.91 Å². The third kappa shape index (κ3) is 1.81. The van der Waals surface area contributed by atoms with E-state index in [2.05, 4.69) is 4.98 Å². The van der Waals surface area contributed by atoms with Crippen LogP contribution in [0.2, 0.25) is 0 Å². The highest BCUT2D eigenvalue weighted by Gasteiger charge is 2.43. The molecule has 1 N–H and O–H groups in total. The van der Waals surface area contributed by atoms with Crippen molar-refractivity contribution in [2.45, 2.75) is 25.9 Å². The predicted molar refractivity (Wildman–Crippen MR) is 67.1 cm³/mol. The molecule has 3 atom stereocenters. The van der Waals surface area contributed by atoms with E-state index in [0.717, 1.165) is 25.1 Å². The van der Waals surface area contributed by atoms with E-state index in [1.54, 1.807) is 12.3 Å². The molecule has 0 radical (unpaired) electrons. The molecule has 1 aliphatic carbocycles. The number of nitrogens with zero attached hydrogens (tertiary/aromatic N) is 2. The fourth-order valence-electron chi connectivity index (χ4n) is 3.28. The number of aliphatic hydroxyl groups excluding tert-OH is 1. The highest BCUT2D eigenvalue weighted by atomic mass is 16.3. The minimum atomic E-state index is -0.220. The van der Waals surface area contributed by atoms with Gasteiger partial charge in [-0.2, -0.15) is 0 Å². The third-order valence-electron chi connectivity index (χ3n) is 4.34. The molecule has 3 unspecified atom stereocenters. The number of hydrogen-bond acceptors (Lipinski definition) is 3. The van der Waals surface area contributed by atoms with E-state index in [4.69, 9.17) is 0 Å². The number of carbonyl (C=O) groups is 1. The maximum atomic E-state index is 12.4. The fraction of sp³-hybridized carbons (Fsp3) is 0.571. The molecule has 1 amide bonds. The second kappa shape index (κ2) is 4.35. The molecule has 1 saturated heterocycles. The van der Waals surface area contributed by atoms with Gasteiger partial charge in [-0.05, 0) is 37.8 Å². The molecule has 1 aromatic rings. The SMILES string of the molecule is Cc1ncccc1C(=O)N1CC2CCC(O)C2C1. The van der Waals surface area contributed by atoms with E-state index < -0.39 is 0 Å². The van der Waals surface area contributed by atoms with Gasteiger partial charge in [-0.1, -0.05) is 0 Å². The lowest BCUT2D eigenvalue weighted by Gasteiger charge is -2.19. The first-order chi connectivity index (χ1) is 8.66. The van der Waals surface area contributed by atoms with Gasteiger partial charge in [-0.3, -0.25) is 9.78 Å². The lowest BCUT2D eigenvalue weighted by atomic mass is 10.00. The van der Waals surface area contributed by atoms with Crippen LogP contribution >= 0.6 is 0 Å². The number of rotatable bonds is 1. The zero-order valence-electron chi connectivity index (χ0n) is 10.5. The van der Waals surface area contributed by atoms with Crippen molar-refractivity contribution < 1.29 is 9.90 Å². The number of aliphatic hydroxyl groups is 1. The molecule has 4 heteroatoms. The van der Waals surface area contributed by atoms with Crippen molar-refractivity contribution in [1.82, 2.24) is 9.88 Å². The van der Waals surface area contributed by atoms with Gasteiger partial charge < -0.3 is 10.0 Å². The van der Waals surface area contributed by atoms with Gasteiger partial charge in [-0.15, -0.1) is 0 Å². The van der Waals surface area contributed by atoms with E-state index in [-0.39, 0.29) is 17.9 Å². The largest absolute Gasteiger partial charge is 0.393 e. The van der Waals surface area contributed by atoms with Gasteiger partial charge >= 0.3 is 0 Å². The third-order valence-corrected chi connectivity index (χ3v) is 4.34. The van der Waals surface area contributed by atoms with Crippen LogP contribution in [0.5, 0.6) is 0 Å². The Kier molecular flexibility index (Phi) is 2.82. The Morgan fingerprint density at radius 1 is 1.44 bits per heavy atom. The summed E-state index contributed by atoms with van der Waals surface area (Å²) in [5.74, 6) is 0.828. The van der Waals surface area contributed by atoms with Crippen LogP contribution in [-0.2, 0) is 0 Å². The van der Waals surface area contributed by atoms with E-state index in [1.807, 2.05) is 17.9 Å². The van der Waals surface area contributed by atoms with Crippen LogP contribution in [0.3, 0.4) is 0 Å². The molecule has 0 aromatic carbocycles. The molecular weight excluding hydrogens is 228 g/mol. The summed E-state index contributed by atoms with van der Waals surface area (Å²) >= 11 is 0. The predicted octanol–water partition coefficient (Wildman–Crippen LogP) is 1.23. The van der Waals surface area contributed by atoms with E-state index in [9.17, 15) is 9.90 Å². The molecule has 1 saturated carbocycles. The minimum absolute atomic E-state index is 0.0576. The maximum Gasteiger partial charge on any atom is 0.255 e. The molecule has 2 heterocycles. The first kappa shape index (κ1) is 11.7. The lowest BCUT2D eigenvalue weighted by Crippen LogP contribution is -2.31. The zero-order chi connectivity index (χ0) is 12.7. The number of aromatic nitrogens is 1. The molecule has 0 spiro atoms. The molecule has 2 aliphatic rings. The second-order valence-electron chi connectivity index (χ2n) is 5.42. The quantitative estimate of drug-likeness (QED) is 0.811. The van der Waals surface area contributed by atoms with Crippen molar-refractivity contribution in [2.75, 3.05) is 13.1 Å². The standard InChI is InChI=1S/C14H18N2O2/c1-9-11(3-2-6-15-9)14(18)16-7-10-4-5-13(17)12(10)8-16/h2-3,6,10,12-13,17H,4-5,7-8H2,1H3. The molecule has 3 rings (SSSR count). The Morgan fingerprint density at radius 3 is 3.00 bits per heavy atom. The Labute approximate surface area is 107 Å². The summed E-state index contributed by atoms with van der Waals surface area (Å²) in [5.41, 5.74) is 1.46. The number of aryl methyl sites for hydroxylation is 1. The summed E-state index contributed by atoms with van der Waals surface area (Å²) in [6, 6.07) is 3.63. The summed E-state index contributed by atoms with van der Waals surface area (Å²) in [5, 5.41) is 9.87. The van der Waals surface area contributed by atoms with Gasteiger partial charge in [0.1, 0.15) is 0 Å². The van der Waals surface area contributed by atoms with Crippen LogP contribution in [-0.4, -0.2) is 40.1 Å². The molecule has 96 valence electrons. The first-order valence-electron chi connectivity index (χ1n) is 6.56. The molecule has 1 aliphatic heterocycles. The second-order valence-corrected chi connectivity index (χ2v) is 5.42. The summed E-state index contributed by atoms with van der Waals surface area (Å²) in [4.78, 5) is 18.4. The molecule has 4 nitrogen and oxygen atoms in total. The Bertz CT molecular complexity index is 475. The zero-order valence-corrected chi connectivity index (χ0v) is 10.5. The summed E-state index contributed by atoms with van der Waals surface area (Å²) < 4.78 is 0. The fourth-order valence-corrected chi connectivity index (χ4v) is 3.28. The highest BCUT2D eigenvalue weighted by molar-refractivity contribution is 5.95. The van der Waals surface area contributed by atoms with Gasteiger partial charge in [-0.25, -0.2) is 0 Å². The van der Waals surface area contributed by atoms with Crippen molar-refractivity contribution in [3.63, 3.8) is 0 Å². The van der Waals surface area contributed by atoms with E-state index in [1.165, 1.54) is 0 Å². The number of hydrogen-bond donors (Lipinski definition) is 1. The minimum Gasteiger partial charge on any atom is -0.393 e. The summed E-state index contributed by atoms with van der Waals surface area (Å²) in [7, 11) is 0. The number of carbonyl (C=O) groups excluding carboxylic acids is 1. The van der Waals surface area contributed by atoms with Crippen LogP contribution in [0, 0.1) is 18.8 Å². The molecule has 18 heavy (non-hydrogen) atoms. The molecule has 1 aromatic heterocycles. The van der Waals surface area contributed by atoms with Crippen LogP contribution < -0.4 is 0 Å². The Balaban J connectivity index is 1.78. The molecule has 0 bridgehead atoms. The molecule has 2 fully saturated rings. The Hall–Kier alpha value is -1.42. The van der Waals surface area contributed by atoms with Crippen molar-refractivity contribution in [3.05, 3.63) is 29.6 Å². The monoisotopic (exact) mass is 246 g/mol. The van der Waals surface area contributed by atoms with Gasteiger partial charge in [0, 0.05) is 30.9 Å². The van der Waals surface area contributed by atoms with Gasteiger partial charge in [0.15, 0.2) is 0 Å². The van der Waals surface area contributed by atoms with Crippen molar-refractivity contribution in [2.24, 2.45) is 11.8 Å². The van der Waals surface area contributed by atoms with Gasteiger partial charge in [0.05, 0.1) is 11.7 Å². The van der Waals surface area contributed by atoms with Crippen LogP contribution in [0.15, 0.2) is 18.3 Å². The average Bonchev–Trinajstić information content (AvgIpc) is 2.92. The van der Waals surface area contributed by atoms with Crippen LogP contribution in [0.4, 0.5) is 0 Å². The number of likely N-dealkylation sites (tertiary alicyclic amines) is 1. The topological polar surface area (TPSA) is 53.4 Å². The number of fused-ring (bicyclic) bond motifs is 1. The van der Waals surface area contributed by atoms with Crippen LogP contribution in [0.1, 0.15) is 28.9 Å². The van der Waals surface area contributed by atoms with E-state index in [0.29, 0.717) is 18.0 Å². The highest BCUT2D eigenvalue weighted by Crippen LogP contribution is 2.38. The Morgan fingerprint density at radius 2 is 2.28 bits per heavy atom.